The molecule has 0 aliphatic heterocycles. The highest BCUT2D eigenvalue weighted by Crippen LogP contribution is 2.31. The summed E-state index contributed by atoms with van der Waals surface area (Å²) in [5, 5.41) is 5.63. The second kappa shape index (κ2) is 10.1. The van der Waals surface area contributed by atoms with Gasteiger partial charge in [0, 0.05) is 5.69 Å². The Bertz CT molecular complexity index is 910. The molecule has 3 aromatic carbocycles. The zero-order chi connectivity index (χ0) is 19.8. The minimum absolute atomic E-state index is 0.105. The molecule has 0 aliphatic carbocycles. The second-order valence-electron chi connectivity index (χ2n) is 7.51. The Kier molecular flexibility index (Phi) is 7.25. The molecule has 0 fully saturated rings. The lowest BCUT2D eigenvalue weighted by Crippen LogP contribution is -2.22. The zero-order valence-electron chi connectivity index (χ0n) is 17.1. The topological polar surface area (TPSA) is 29.1 Å². The van der Waals surface area contributed by atoms with E-state index in [1.54, 1.807) is 0 Å². The largest absolute Gasteiger partial charge is 0.325 e. The van der Waals surface area contributed by atoms with Crippen LogP contribution in [0.1, 0.15) is 63.0 Å². The van der Waals surface area contributed by atoms with E-state index in [1.165, 1.54) is 16.3 Å². The first-order chi connectivity index (χ1) is 13.7. The summed E-state index contributed by atoms with van der Waals surface area (Å²) < 4.78 is 0. The number of hydrogen-bond donors (Lipinski definition) is 1. The third-order valence-corrected chi connectivity index (χ3v) is 5.44. The van der Waals surface area contributed by atoms with E-state index in [2.05, 4.69) is 73.8 Å². The second-order valence-corrected chi connectivity index (χ2v) is 7.51. The molecule has 2 heteroatoms. The van der Waals surface area contributed by atoms with Gasteiger partial charge in [-0.25, -0.2) is 0 Å². The maximum Gasteiger partial charge on any atom is 0.231 e. The van der Waals surface area contributed by atoms with E-state index >= 15 is 0 Å². The van der Waals surface area contributed by atoms with E-state index in [0.29, 0.717) is 0 Å². The standard InChI is InChI=1S/C26H31NO/c1-3-5-12-21-14-8-10-19-25(21)27-26(28)24(16-6-4-2)23-18-11-15-20-13-7-9-17-22(20)23/h7-11,13-15,17-19,24H,3-6,12,16H2,1-2H3,(H,27,28). The van der Waals surface area contributed by atoms with Crippen molar-refractivity contribution >= 4 is 22.4 Å². The third kappa shape index (κ3) is 4.81. The van der Waals surface area contributed by atoms with Crippen LogP contribution in [-0.2, 0) is 11.2 Å². The third-order valence-electron chi connectivity index (χ3n) is 5.44. The van der Waals surface area contributed by atoms with Crippen LogP contribution in [0.3, 0.4) is 0 Å². The first kappa shape index (κ1) is 20.1. The van der Waals surface area contributed by atoms with Gasteiger partial charge in [-0.2, -0.15) is 0 Å². The fourth-order valence-electron chi connectivity index (χ4n) is 3.84. The first-order valence-corrected chi connectivity index (χ1v) is 10.6. The van der Waals surface area contributed by atoms with Crippen molar-refractivity contribution in [1.29, 1.82) is 0 Å². The van der Waals surface area contributed by atoms with Crippen LogP contribution < -0.4 is 5.32 Å². The highest BCUT2D eigenvalue weighted by Gasteiger charge is 2.22. The highest BCUT2D eigenvalue weighted by atomic mass is 16.1. The maximum absolute atomic E-state index is 13.4. The number of carbonyl (C=O) groups excluding carboxylic acids is 1. The molecule has 146 valence electrons. The van der Waals surface area contributed by atoms with Crippen molar-refractivity contribution in [2.75, 3.05) is 5.32 Å². The van der Waals surface area contributed by atoms with Crippen LogP contribution in [0.25, 0.3) is 10.8 Å². The number of nitrogens with one attached hydrogen (secondary N) is 1. The molecule has 1 amide bonds. The number of anilines is 1. The van der Waals surface area contributed by atoms with Crippen molar-refractivity contribution in [3.05, 3.63) is 77.9 Å². The van der Waals surface area contributed by atoms with E-state index in [0.717, 1.165) is 49.8 Å². The van der Waals surface area contributed by atoms with E-state index in [9.17, 15) is 4.79 Å². The van der Waals surface area contributed by atoms with Gasteiger partial charge in [-0.05, 0) is 47.2 Å². The van der Waals surface area contributed by atoms with Gasteiger partial charge in [0.15, 0.2) is 0 Å². The maximum atomic E-state index is 13.4. The Morgan fingerprint density at radius 1 is 0.857 bits per heavy atom. The van der Waals surface area contributed by atoms with Gasteiger partial charge in [-0.3, -0.25) is 4.79 Å². The predicted octanol–water partition coefficient (Wildman–Crippen LogP) is 7.09. The zero-order valence-corrected chi connectivity index (χ0v) is 17.1. The van der Waals surface area contributed by atoms with Gasteiger partial charge in [-0.1, -0.05) is 93.8 Å². The quantitative estimate of drug-likeness (QED) is 0.426. The summed E-state index contributed by atoms with van der Waals surface area (Å²) in [6.07, 6.45) is 6.28. The summed E-state index contributed by atoms with van der Waals surface area (Å²) in [5.74, 6) is -0.0287. The van der Waals surface area contributed by atoms with Crippen LogP contribution in [-0.4, -0.2) is 5.91 Å². The number of unbranched alkanes of at least 4 members (excludes halogenated alkanes) is 2. The van der Waals surface area contributed by atoms with E-state index in [1.807, 2.05) is 12.1 Å². The average Bonchev–Trinajstić information content (AvgIpc) is 2.73. The minimum Gasteiger partial charge on any atom is -0.325 e. The molecule has 0 aromatic heterocycles. The Morgan fingerprint density at radius 3 is 2.39 bits per heavy atom. The summed E-state index contributed by atoms with van der Waals surface area (Å²) in [5.41, 5.74) is 3.32. The van der Waals surface area contributed by atoms with Crippen molar-refractivity contribution in [1.82, 2.24) is 0 Å². The summed E-state index contributed by atoms with van der Waals surface area (Å²) in [6.45, 7) is 4.38. The molecule has 0 aliphatic rings. The molecular formula is C26H31NO. The normalized spacial score (nSPS) is 12.1. The predicted molar refractivity (Wildman–Crippen MR) is 120 cm³/mol. The molecule has 1 N–H and O–H groups in total. The number of rotatable bonds is 9. The number of hydrogen-bond acceptors (Lipinski definition) is 1. The van der Waals surface area contributed by atoms with Crippen molar-refractivity contribution in [3.63, 3.8) is 0 Å². The lowest BCUT2D eigenvalue weighted by Gasteiger charge is -2.20. The summed E-state index contributed by atoms with van der Waals surface area (Å²) in [6, 6.07) is 22.9. The molecule has 0 bridgehead atoms. The molecule has 0 saturated heterocycles. The van der Waals surface area contributed by atoms with Crippen molar-refractivity contribution in [2.45, 2.75) is 58.3 Å². The van der Waals surface area contributed by atoms with Crippen LogP contribution in [0, 0.1) is 0 Å². The van der Waals surface area contributed by atoms with Gasteiger partial charge in [-0.15, -0.1) is 0 Å². The van der Waals surface area contributed by atoms with Crippen molar-refractivity contribution in [3.8, 4) is 0 Å². The molecule has 0 spiro atoms. The van der Waals surface area contributed by atoms with Gasteiger partial charge in [0.05, 0.1) is 5.92 Å². The lowest BCUT2D eigenvalue weighted by molar-refractivity contribution is -0.117. The molecule has 3 rings (SSSR count). The molecule has 0 heterocycles. The van der Waals surface area contributed by atoms with Crippen LogP contribution in [0.4, 0.5) is 5.69 Å². The summed E-state index contributed by atoms with van der Waals surface area (Å²) in [7, 11) is 0. The van der Waals surface area contributed by atoms with Crippen LogP contribution in [0.15, 0.2) is 66.7 Å². The molecule has 28 heavy (non-hydrogen) atoms. The monoisotopic (exact) mass is 373 g/mol. The number of benzene rings is 3. The molecule has 3 aromatic rings. The Morgan fingerprint density at radius 2 is 1.57 bits per heavy atom. The summed E-state index contributed by atoms with van der Waals surface area (Å²) in [4.78, 5) is 13.4. The molecule has 1 atom stereocenters. The van der Waals surface area contributed by atoms with Gasteiger partial charge in [0.2, 0.25) is 5.91 Å². The SMILES string of the molecule is CCCCc1ccccc1NC(=O)C(CCCC)c1cccc2ccccc12. The highest BCUT2D eigenvalue weighted by molar-refractivity contribution is 6.00. The molecule has 0 saturated carbocycles. The van der Waals surface area contributed by atoms with Crippen LogP contribution in [0.2, 0.25) is 0 Å². The minimum atomic E-state index is -0.134. The van der Waals surface area contributed by atoms with Gasteiger partial charge in [0.25, 0.3) is 0 Å². The van der Waals surface area contributed by atoms with Crippen LogP contribution >= 0.6 is 0 Å². The molecule has 1 unspecified atom stereocenters. The van der Waals surface area contributed by atoms with Crippen LogP contribution in [0.5, 0.6) is 0 Å². The Balaban J connectivity index is 1.91. The Hall–Kier alpha value is -2.61. The lowest BCUT2D eigenvalue weighted by atomic mass is 9.88. The number of amides is 1. The fraction of sp³-hybridized carbons (Fsp3) is 0.346. The van der Waals surface area contributed by atoms with Gasteiger partial charge in [0.1, 0.15) is 0 Å². The van der Waals surface area contributed by atoms with Gasteiger partial charge >= 0.3 is 0 Å². The Labute approximate surface area is 169 Å². The van der Waals surface area contributed by atoms with E-state index < -0.39 is 0 Å². The van der Waals surface area contributed by atoms with E-state index in [-0.39, 0.29) is 11.8 Å². The molecular weight excluding hydrogens is 342 g/mol. The van der Waals surface area contributed by atoms with E-state index in [4.69, 9.17) is 0 Å². The molecule has 0 radical (unpaired) electrons. The average molecular weight is 374 g/mol. The number of carbonyl (C=O) groups is 1. The van der Waals surface area contributed by atoms with Crippen molar-refractivity contribution < 1.29 is 4.79 Å². The number of aryl methyl sites for hydroxylation is 1. The number of para-hydroxylation sites is 1. The molecule has 2 nitrogen and oxygen atoms in total. The summed E-state index contributed by atoms with van der Waals surface area (Å²) >= 11 is 0. The number of fused-ring (bicyclic) bond motifs is 1. The first-order valence-electron chi connectivity index (χ1n) is 10.6. The van der Waals surface area contributed by atoms with Crippen molar-refractivity contribution in [2.24, 2.45) is 0 Å². The fourth-order valence-corrected chi connectivity index (χ4v) is 3.84. The smallest absolute Gasteiger partial charge is 0.231 e. The van der Waals surface area contributed by atoms with Gasteiger partial charge < -0.3 is 5.32 Å².